The van der Waals surface area contributed by atoms with E-state index < -0.39 is 0 Å². The number of benzene rings is 2. The zero-order valence-electron chi connectivity index (χ0n) is 18.5. The van der Waals surface area contributed by atoms with Crippen LogP contribution >= 0.6 is 11.6 Å². The van der Waals surface area contributed by atoms with Gasteiger partial charge in [-0.15, -0.1) is 0 Å². The van der Waals surface area contributed by atoms with Gasteiger partial charge in [-0.1, -0.05) is 53.9 Å². The summed E-state index contributed by atoms with van der Waals surface area (Å²) in [5.41, 5.74) is 1.88. The van der Waals surface area contributed by atoms with Crippen molar-refractivity contribution >= 4 is 39.3 Å². The van der Waals surface area contributed by atoms with Crippen LogP contribution in [-0.2, 0) is 0 Å². The van der Waals surface area contributed by atoms with E-state index in [1.54, 1.807) is 6.92 Å². The van der Waals surface area contributed by atoms with E-state index in [1.165, 1.54) is 0 Å². The first-order valence-electron chi connectivity index (χ1n) is 11.5. The first kappa shape index (κ1) is 21.7. The van der Waals surface area contributed by atoms with Gasteiger partial charge < -0.3 is 14.4 Å². The van der Waals surface area contributed by atoms with Gasteiger partial charge in [-0.2, -0.15) is 0 Å². The Labute approximate surface area is 196 Å². The van der Waals surface area contributed by atoms with E-state index >= 15 is 0 Å². The lowest BCUT2D eigenvalue weighted by Crippen LogP contribution is -2.32. The van der Waals surface area contributed by atoms with Crippen molar-refractivity contribution in [1.82, 2.24) is 15.0 Å². The van der Waals surface area contributed by atoms with Gasteiger partial charge in [0.25, 0.3) is 11.5 Å². The van der Waals surface area contributed by atoms with E-state index in [2.05, 4.69) is 10.5 Å². The van der Waals surface area contributed by atoms with Crippen LogP contribution in [0.1, 0.15) is 54.3 Å². The van der Waals surface area contributed by atoms with Crippen molar-refractivity contribution in [3.63, 3.8) is 0 Å². The van der Waals surface area contributed by atoms with Gasteiger partial charge in [0.1, 0.15) is 16.7 Å². The number of nitrogens with zero attached hydrogens (tertiary/aromatic N) is 2. The lowest BCUT2D eigenvalue weighted by molar-refractivity contribution is 0.0944. The van der Waals surface area contributed by atoms with Crippen LogP contribution in [0.5, 0.6) is 0 Å². The largest absolute Gasteiger partial charge is 0.360 e. The molecule has 0 spiro atoms. The van der Waals surface area contributed by atoms with Gasteiger partial charge in [0.2, 0.25) is 0 Å². The molecule has 1 aliphatic carbocycles. The normalized spacial score (nSPS) is 19.0. The number of halogens is 1. The second-order valence-electron chi connectivity index (χ2n) is 8.89. The Kier molecular flexibility index (Phi) is 5.94. The number of carbonyl (C=O) groups excluding carboxylic acids is 1. The molecule has 1 N–H and O–H groups in total. The number of nitrogens with one attached hydrogen (secondary N) is 1. The molecule has 7 heteroatoms. The van der Waals surface area contributed by atoms with Gasteiger partial charge in [-0.05, 0) is 56.4 Å². The molecular formula is C26H26ClN3O3. The number of pyridine rings is 1. The summed E-state index contributed by atoms with van der Waals surface area (Å²) in [7, 11) is 0. The van der Waals surface area contributed by atoms with Crippen LogP contribution < -0.4 is 10.9 Å². The molecule has 0 radical (unpaired) electrons. The number of carbonyl (C=O) groups is 1. The molecule has 1 fully saturated rings. The maximum Gasteiger partial charge on any atom is 0.264 e. The first-order valence-corrected chi connectivity index (χ1v) is 11.8. The van der Waals surface area contributed by atoms with Crippen molar-refractivity contribution in [3.8, 4) is 0 Å². The molecule has 6 nitrogen and oxygen atoms in total. The van der Waals surface area contributed by atoms with Crippen LogP contribution in [0.25, 0.3) is 21.8 Å². The molecule has 1 aliphatic rings. The first-order chi connectivity index (χ1) is 16.0. The maximum absolute atomic E-state index is 13.7. The predicted molar refractivity (Wildman–Crippen MR) is 130 cm³/mol. The Bertz CT molecular complexity index is 1380. The van der Waals surface area contributed by atoms with Gasteiger partial charge in [0, 0.05) is 23.5 Å². The average molecular weight is 464 g/mol. The monoisotopic (exact) mass is 463 g/mol. The number of hydrogen-bond acceptors (Lipinski definition) is 4. The SMILES string of the molecule is Cc1onc2c1c(=O)n([C@@H]1CCCC[C@@H](CNC(=O)c3ccccc3)C1)c1cccc(Cl)c21. The van der Waals surface area contributed by atoms with Crippen molar-refractivity contribution in [1.29, 1.82) is 0 Å². The molecule has 33 heavy (non-hydrogen) atoms. The van der Waals surface area contributed by atoms with Gasteiger partial charge in [-0.25, -0.2) is 0 Å². The minimum absolute atomic E-state index is 0.0123. The maximum atomic E-state index is 13.7. The number of rotatable bonds is 4. The van der Waals surface area contributed by atoms with E-state index in [-0.39, 0.29) is 23.4 Å². The van der Waals surface area contributed by atoms with Crippen LogP contribution in [0, 0.1) is 12.8 Å². The molecule has 5 rings (SSSR count). The van der Waals surface area contributed by atoms with Crippen molar-refractivity contribution < 1.29 is 9.32 Å². The molecule has 2 atom stereocenters. The molecular weight excluding hydrogens is 438 g/mol. The Morgan fingerprint density at radius 1 is 1.12 bits per heavy atom. The molecule has 1 saturated carbocycles. The summed E-state index contributed by atoms with van der Waals surface area (Å²) >= 11 is 6.57. The quantitative estimate of drug-likeness (QED) is 0.396. The summed E-state index contributed by atoms with van der Waals surface area (Å²) in [4.78, 5) is 26.2. The second-order valence-corrected chi connectivity index (χ2v) is 9.29. The Morgan fingerprint density at radius 2 is 1.91 bits per heavy atom. The molecule has 4 aromatic rings. The third-order valence-electron chi connectivity index (χ3n) is 6.74. The predicted octanol–water partition coefficient (Wildman–Crippen LogP) is 5.66. The topological polar surface area (TPSA) is 77.1 Å². The zero-order chi connectivity index (χ0) is 22.9. The lowest BCUT2D eigenvalue weighted by Gasteiger charge is -2.24. The lowest BCUT2D eigenvalue weighted by atomic mass is 9.96. The van der Waals surface area contributed by atoms with Crippen LogP contribution in [0.15, 0.2) is 57.8 Å². The smallest absolute Gasteiger partial charge is 0.264 e. The second kappa shape index (κ2) is 9.02. The van der Waals surface area contributed by atoms with E-state index in [4.69, 9.17) is 16.1 Å². The highest BCUT2D eigenvalue weighted by Gasteiger charge is 2.27. The zero-order valence-corrected chi connectivity index (χ0v) is 19.3. The molecule has 2 aromatic heterocycles. The van der Waals surface area contributed by atoms with Gasteiger partial charge in [-0.3, -0.25) is 9.59 Å². The fraction of sp³-hybridized carbons (Fsp3) is 0.346. The van der Waals surface area contributed by atoms with Crippen molar-refractivity contribution in [2.24, 2.45) is 5.92 Å². The summed E-state index contributed by atoms with van der Waals surface area (Å²) in [6.07, 6.45) is 4.84. The number of aryl methyl sites for hydroxylation is 1. The molecule has 1 amide bonds. The van der Waals surface area contributed by atoms with Crippen LogP contribution in [0.3, 0.4) is 0 Å². The van der Waals surface area contributed by atoms with E-state index in [0.29, 0.717) is 33.8 Å². The number of aromatic nitrogens is 2. The summed E-state index contributed by atoms with van der Waals surface area (Å²) in [6, 6.07) is 14.9. The van der Waals surface area contributed by atoms with Crippen LogP contribution in [0.4, 0.5) is 0 Å². The average Bonchev–Trinajstić information content (AvgIpc) is 3.06. The van der Waals surface area contributed by atoms with E-state index in [0.717, 1.165) is 43.0 Å². The van der Waals surface area contributed by atoms with E-state index in [9.17, 15) is 9.59 Å². The summed E-state index contributed by atoms with van der Waals surface area (Å²) in [5.74, 6) is 0.726. The highest BCUT2D eigenvalue weighted by Crippen LogP contribution is 2.36. The highest BCUT2D eigenvalue weighted by atomic mass is 35.5. The van der Waals surface area contributed by atoms with Crippen molar-refractivity contribution in [3.05, 3.63) is 75.2 Å². The minimum atomic E-state index is -0.0857. The summed E-state index contributed by atoms with van der Waals surface area (Å²) in [5, 5.41) is 9.04. The Balaban J connectivity index is 1.49. The Hall–Kier alpha value is -3.12. The summed E-state index contributed by atoms with van der Waals surface area (Å²) < 4.78 is 7.28. The van der Waals surface area contributed by atoms with Crippen molar-refractivity contribution in [2.75, 3.05) is 6.54 Å². The molecule has 0 unspecified atom stereocenters. The third kappa shape index (κ3) is 4.04. The molecule has 170 valence electrons. The number of hydrogen-bond donors (Lipinski definition) is 1. The summed E-state index contributed by atoms with van der Waals surface area (Å²) in [6.45, 7) is 2.35. The standard InChI is InChI=1S/C26H26ClN3O3/c1-16-22-24(29-33-16)23-20(27)12-7-13-21(23)30(26(22)32)19-11-6-5-8-17(14-19)15-28-25(31)18-9-3-2-4-10-18/h2-4,7,9-10,12-13,17,19H,5-6,8,11,14-15H2,1H3,(H,28,31)/t17-,19-/m1/s1. The van der Waals surface area contributed by atoms with Gasteiger partial charge in [0.15, 0.2) is 0 Å². The third-order valence-corrected chi connectivity index (χ3v) is 7.06. The van der Waals surface area contributed by atoms with Gasteiger partial charge in [0.05, 0.1) is 10.5 Å². The molecule has 2 aromatic carbocycles. The molecule has 0 aliphatic heterocycles. The number of fused-ring (bicyclic) bond motifs is 3. The Morgan fingerprint density at radius 3 is 2.73 bits per heavy atom. The van der Waals surface area contributed by atoms with E-state index in [1.807, 2.05) is 53.1 Å². The number of amides is 1. The molecule has 0 saturated heterocycles. The molecule has 2 heterocycles. The van der Waals surface area contributed by atoms with Crippen molar-refractivity contribution in [2.45, 2.75) is 45.1 Å². The van der Waals surface area contributed by atoms with Gasteiger partial charge >= 0.3 is 0 Å². The molecule has 0 bridgehead atoms. The minimum Gasteiger partial charge on any atom is -0.360 e. The fourth-order valence-electron chi connectivity index (χ4n) is 5.12. The van der Waals surface area contributed by atoms with Crippen LogP contribution in [0.2, 0.25) is 5.02 Å². The fourth-order valence-corrected chi connectivity index (χ4v) is 5.38. The highest BCUT2D eigenvalue weighted by molar-refractivity contribution is 6.37. The van der Waals surface area contributed by atoms with Crippen LogP contribution in [-0.4, -0.2) is 22.2 Å².